The van der Waals surface area contributed by atoms with Crippen molar-refractivity contribution in [3.8, 4) is 0 Å². The lowest BCUT2D eigenvalue weighted by Crippen LogP contribution is -2.63. The van der Waals surface area contributed by atoms with Gasteiger partial charge in [-0.05, 0) is 85.9 Å². The first-order valence-corrected chi connectivity index (χ1v) is 10.6. The zero-order valence-electron chi connectivity index (χ0n) is 15.1. The third-order valence-corrected chi connectivity index (χ3v) is 10.2. The number of fused-ring (bicyclic) bond motifs is 3. The third-order valence-electron chi connectivity index (χ3n) is 8.70. The van der Waals surface area contributed by atoms with Gasteiger partial charge in [-0.25, -0.2) is 0 Å². The van der Waals surface area contributed by atoms with Gasteiger partial charge in [-0.3, -0.25) is 0 Å². The minimum Gasteiger partial charge on any atom is -0.393 e. The van der Waals surface area contributed by atoms with E-state index >= 15 is 0 Å². The lowest BCUT2D eigenvalue weighted by Gasteiger charge is -2.64. The van der Waals surface area contributed by atoms with Crippen LogP contribution in [0.25, 0.3) is 0 Å². The molecule has 2 nitrogen and oxygen atoms in total. The average Bonchev–Trinajstić information content (AvgIpc) is 2.95. The molecule has 9 atom stereocenters. The summed E-state index contributed by atoms with van der Waals surface area (Å²) in [6.45, 7) is 9.10. The molecule has 4 rings (SSSR count). The Labute approximate surface area is 149 Å². The van der Waals surface area contributed by atoms with Crippen LogP contribution in [-0.2, 0) is 0 Å². The van der Waals surface area contributed by atoms with Crippen molar-refractivity contribution in [2.75, 3.05) is 0 Å². The molecule has 23 heavy (non-hydrogen) atoms. The molecule has 2 bridgehead atoms. The molecule has 4 saturated carbocycles. The van der Waals surface area contributed by atoms with Crippen LogP contribution in [0.1, 0.15) is 66.2 Å². The zero-order valence-corrected chi connectivity index (χ0v) is 16.6. The Kier molecular flexibility index (Phi) is 3.65. The quantitative estimate of drug-likeness (QED) is 0.658. The van der Waals surface area contributed by atoms with Crippen LogP contribution in [-0.4, -0.2) is 26.7 Å². The van der Waals surface area contributed by atoms with Crippen molar-refractivity contribution in [1.29, 1.82) is 0 Å². The minimum atomic E-state index is -0.548. The SMILES string of the molecule is CC(C)[C@H]1[C@H](O)[C@H]2C[C@@H]3[C@@H]4[C@@](C)(CC[C@]31C2)[C@H](Br)CC[C@]4(C)O. The second-order valence-corrected chi connectivity index (χ2v) is 11.3. The number of rotatable bonds is 1. The van der Waals surface area contributed by atoms with Crippen LogP contribution in [0.3, 0.4) is 0 Å². The van der Waals surface area contributed by atoms with Crippen molar-refractivity contribution >= 4 is 15.9 Å². The van der Waals surface area contributed by atoms with Crippen molar-refractivity contribution in [1.82, 2.24) is 0 Å². The highest BCUT2D eigenvalue weighted by Crippen LogP contribution is 2.74. The Hall–Kier alpha value is 0.400. The maximum absolute atomic E-state index is 11.3. The highest BCUT2D eigenvalue weighted by molar-refractivity contribution is 9.09. The van der Waals surface area contributed by atoms with Crippen molar-refractivity contribution < 1.29 is 10.2 Å². The van der Waals surface area contributed by atoms with Crippen molar-refractivity contribution in [3.63, 3.8) is 0 Å². The Morgan fingerprint density at radius 3 is 2.48 bits per heavy atom. The van der Waals surface area contributed by atoms with Crippen LogP contribution < -0.4 is 0 Å². The van der Waals surface area contributed by atoms with Crippen molar-refractivity contribution in [2.45, 2.75) is 82.8 Å². The molecule has 132 valence electrons. The van der Waals surface area contributed by atoms with Gasteiger partial charge in [0.2, 0.25) is 0 Å². The molecule has 0 amide bonds. The molecular weight excluding hydrogens is 352 g/mol. The fourth-order valence-electron chi connectivity index (χ4n) is 8.06. The smallest absolute Gasteiger partial charge is 0.0656 e. The van der Waals surface area contributed by atoms with Gasteiger partial charge in [0, 0.05) is 4.83 Å². The van der Waals surface area contributed by atoms with Gasteiger partial charge in [0.05, 0.1) is 11.7 Å². The molecule has 2 N–H and O–H groups in total. The summed E-state index contributed by atoms with van der Waals surface area (Å²) in [4.78, 5) is 0.527. The molecule has 0 heterocycles. The molecule has 0 aliphatic heterocycles. The van der Waals surface area contributed by atoms with E-state index in [0.717, 1.165) is 19.3 Å². The van der Waals surface area contributed by atoms with Crippen molar-refractivity contribution in [2.24, 2.45) is 40.4 Å². The predicted octanol–water partition coefficient (Wildman–Crippen LogP) is 4.37. The average molecular weight is 385 g/mol. The molecular formula is C20H33BrO2. The molecule has 4 fully saturated rings. The fourth-order valence-corrected chi connectivity index (χ4v) is 8.80. The molecule has 0 aromatic carbocycles. The highest BCUT2D eigenvalue weighted by atomic mass is 79.9. The second-order valence-electron chi connectivity index (χ2n) is 10.1. The van der Waals surface area contributed by atoms with Gasteiger partial charge in [-0.15, -0.1) is 0 Å². The van der Waals surface area contributed by atoms with Crippen LogP contribution in [0.5, 0.6) is 0 Å². The van der Waals surface area contributed by atoms with E-state index in [1.807, 2.05) is 0 Å². The van der Waals surface area contributed by atoms with Gasteiger partial charge in [0.15, 0.2) is 0 Å². The highest BCUT2D eigenvalue weighted by Gasteiger charge is 2.71. The fraction of sp³-hybridized carbons (Fsp3) is 1.00. The third kappa shape index (κ3) is 1.99. The number of aliphatic hydroxyl groups excluding tert-OH is 1. The molecule has 0 unspecified atom stereocenters. The Morgan fingerprint density at radius 1 is 1.13 bits per heavy atom. The largest absolute Gasteiger partial charge is 0.393 e. The first kappa shape index (κ1) is 16.8. The zero-order chi connectivity index (χ0) is 16.8. The molecule has 0 aromatic heterocycles. The lowest BCUT2D eigenvalue weighted by molar-refractivity contribution is -0.191. The molecule has 3 heteroatoms. The van der Waals surface area contributed by atoms with E-state index in [4.69, 9.17) is 0 Å². The molecule has 4 aliphatic carbocycles. The van der Waals surface area contributed by atoms with Crippen LogP contribution in [0.15, 0.2) is 0 Å². The van der Waals surface area contributed by atoms with E-state index in [1.54, 1.807) is 0 Å². The number of aliphatic hydroxyl groups is 2. The van der Waals surface area contributed by atoms with Gasteiger partial charge in [0.25, 0.3) is 0 Å². The Morgan fingerprint density at radius 2 is 1.83 bits per heavy atom. The standard InChI is InChI=1S/C20H33BrO2/c1-11(2)15-16(22)12-9-13-17-18(3,7-8-20(13,15)10-12)14(21)5-6-19(17,4)23/h11-17,22-23H,5-10H2,1-4H3/t12-,13+,14+,15-,16+,17+,18-,19-,20-/m0/s1. The van der Waals surface area contributed by atoms with E-state index < -0.39 is 5.60 Å². The van der Waals surface area contributed by atoms with Crippen molar-refractivity contribution in [3.05, 3.63) is 0 Å². The predicted molar refractivity (Wildman–Crippen MR) is 96.4 cm³/mol. The number of halogens is 1. The van der Waals surface area contributed by atoms with Gasteiger partial charge in [-0.2, -0.15) is 0 Å². The van der Waals surface area contributed by atoms with E-state index in [0.29, 0.717) is 34.4 Å². The van der Waals surface area contributed by atoms with Crippen LogP contribution in [0.4, 0.5) is 0 Å². The summed E-state index contributed by atoms with van der Waals surface area (Å²) in [5.41, 5.74) is -0.0564. The Bertz CT molecular complexity index is 504. The number of hydrogen-bond acceptors (Lipinski definition) is 2. The van der Waals surface area contributed by atoms with E-state index in [1.165, 1.54) is 19.3 Å². The minimum absolute atomic E-state index is 0.107. The monoisotopic (exact) mass is 384 g/mol. The van der Waals surface area contributed by atoms with Gasteiger partial charge in [0.1, 0.15) is 0 Å². The maximum Gasteiger partial charge on any atom is 0.0656 e. The van der Waals surface area contributed by atoms with Gasteiger partial charge >= 0.3 is 0 Å². The molecule has 0 saturated heterocycles. The Balaban J connectivity index is 1.78. The molecule has 0 radical (unpaired) electrons. The summed E-state index contributed by atoms with van der Waals surface area (Å²) in [5, 5.41) is 22.2. The molecule has 1 spiro atoms. The first-order chi connectivity index (χ1) is 10.6. The first-order valence-electron chi connectivity index (χ1n) is 9.68. The van der Waals surface area contributed by atoms with E-state index in [2.05, 4.69) is 43.6 Å². The molecule has 0 aromatic rings. The summed E-state index contributed by atoms with van der Waals surface area (Å²) in [6, 6.07) is 0. The van der Waals surface area contributed by atoms with Gasteiger partial charge < -0.3 is 10.2 Å². The topological polar surface area (TPSA) is 40.5 Å². The van der Waals surface area contributed by atoms with E-state index in [9.17, 15) is 10.2 Å². The maximum atomic E-state index is 11.3. The normalized spacial score (nSPS) is 61.6. The number of alkyl halides is 1. The summed E-state index contributed by atoms with van der Waals surface area (Å²) in [5.74, 6) is 2.41. The van der Waals surface area contributed by atoms with Crippen LogP contribution in [0, 0.1) is 40.4 Å². The summed E-state index contributed by atoms with van der Waals surface area (Å²) in [7, 11) is 0. The number of hydrogen-bond donors (Lipinski definition) is 2. The molecule has 4 aliphatic rings. The second kappa shape index (κ2) is 4.98. The summed E-state index contributed by atoms with van der Waals surface area (Å²) in [6.07, 6.45) is 6.68. The van der Waals surface area contributed by atoms with Crippen LogP contribution in [0.2, 0.25) is 0 Å². The van der Waals surface area contributed by atoms with Gasteiger partial charge in [-0.1, -0.05) is 36.7 Å². The summed E-state index contributed by atoms with van der Waals surface area (Å²) < 4.78 is 0. The summed E-state index contributed by atoms with van der Waals surface area (Å²) >= 11 is 3.98. The lowest BCUT2D eigenvalue weighted by atomic mass is 9.43. The van der Waals surface area contributed by atoms with Crippen LogP contribution >= 0.6 is 15.9 Å². The van der Waals surface area contributed by atoms with E-state index in [-0.39, 0.29) is 16.9 Å².